The minimum absolute atomic E-state index is 0.313. The van der Waals surface area contributed by atoms with Crippen molar-refractivity contribution in [1.29, 1.82) is 0 Å². The smallest absolute Gasteiger partial charge is 0.344 e. The maximum absolute atomic E-state index is 11.3. The fourth-order valence-electron chi connectivity index (χ4n) is 1.34. The zero-order chi connectivity index (χ0) is 15.1. The Morgan fingerprint density at radius 1 is 0.950 bits per heavy atom. The predicted molar refractivity (Wildman–Crippen MR) is 84.3 cm³/mol. The Morgan fingerprint density at radius 2 is 1.35 bits per heavy atom. The van der Waals surface area contributed by atoms with E-state index in [2.05, 4.69) is 41.3 Å². The topological polar surface area (TPSA) is 52.6 Å². The van der Waals surface area contributed by atoms with Crippen LogP contribution in [-0.2, 0) is 19.1 Å². The molecule has 0 radical (unpaired) electrons. The number of hydrogen-bond acceptors (Lipinski definition) is 4. The third kappa shape index (κ3) is 4.94. The molecule has 0 heterocycles. The number of esters is 2. The van der Waals surface area contributed by atoms with Crippen molar-refractivity contribution in [3.63, 3.8) is 0 Å². The van der Waals surface area contributed by atoms with Gasteiger partial charge in [-0.3, -0.25) is 0 Å². The van der Waals surface area contributed by atoms with Gasteiger partial charge < -0.3 is 9.47 Å². The predicted octanol–water partition coefficient (Wildman–Crippen LogP) is 3.50. The van der Waals surface area contributed by atoms with Gasteiger partial charge in [-0.15, -0.1) is 0 Å². The van der Waals surface area contributed by atoms with Crippen LogP contribution < -0.4 is 0 Å². The molecule has 0 fully saturated rings. The summed E-state index contributed by atoms with van der Waals surface area (Å²) in [5.41, 5.74) is 1.59. The summed E-state index contributed by atoms with van der Waals surface area (Å²) in [5.74, 6) is -0.914. The Hall–Kier alpha value is -1.40. The molecule has 0 aliphatic carbocycles. The van der Waals surface area contributed by atoms with Crippen molar-refractivity contribution >= 4 is 56.0 Å². The molecule has 0 atom stereocenters. The number of carbonyl (C=O) groups is 2. The van der Waals surface area contributed by atoms with Gasteiger partial charge in [0.2, 0.25) is 0 Å². The largest absolute Gasteiger partial charge is 0.465 e. The second-order valence-corrected chi connectivity index (χ2v) is 5.35. The molecule has 1 rings (SSSR count). The Morgan fingerprint density at radius 3 is 1.70 bits per heavy atom. The van der Waals surface area contributed by atoms with Gasteiger partial charge in [-0.25, -0.2) is 9.59 Å². The molecule has 0 aliphatic rings. The lowest BCUT2D eigenvalue weighted by Gasteiger charge is -2.01. The summed E-state index contributed by atoms with van der Waals surface area (Å²) in [5, 5.41) is 0. The van der Waals surface area contributed by atoms with Crippen LogP contribution in [-0.4, -0.2) is 26.2 Å². The first-order chi connectivity index (χ1) is 9.47. The Kier molecular flexibility index (Phi) is 6.67. The molecule has 0 aliphatic heterocycles. The molecule has 106 valence electrons. The van der Waals surface area contributed by atoms with Crippen LogP contribution in [0.1, 0.15) is 11.1 Å². The number of ether oxygens (including phenoxy) is 2. The highest BCUT2D eigenvalue weighted by molar-refractivity contribution is 9.12. The highest BCUT2D eigenvalue weighted by Gasteiger charge is 2.07. The first kappa shape index (κ1) is 16.7. The molecule has 0 aromatic heterocycles. The van der Waals surface area contributed by atoms with Crippen LogP contribution in [0.5, 0.6) is 0 Å². The molecule has 20 heavy (non-hydrogen) atoms. The van der Waals surface area contributed by atoms with Crippen molar-refractivity contribution in [2.24, 2.45) is 0 Å². The van der Waals surface area contributed by atoms with Gasteiger partial charge in [0.1, 0.15) is 8.96 Å². The normalized spacial score (nSPS) is 12.0. The molecular weight excluding hydrogens is 392 g/mol. The summed E-state index contributed by atoms with van der Waals surface area (Å²) in [6.07, 6.45) is 3.27. The van der Waals surface area contributed by atoms with Crippen molar-refractivity contribution in [3.05, 3.63) is 44.4 Å². The fourth-order valence-corrected chi connectivity index (χ4v) is 2.20. The van der Waals surface area contributed by atoms with E-state index in [0.29, 0.717) is 8.96 Å². The summed E-state index contributed by atoms with van der Waals surface area (Å²) in [7, 11) is 2.62. The molecule has 0 N–H and O–H groups in total. The Labute approximate surface area is 133 Å². The van der Waals surface area contributed by atoms with Crippen molar-refractivity contribution in [1.82, 2.24) is 0 Å². The highest BCUT2D eigenvalue weighted by atomic mass is 79.9. The van der Waals surface area contributed by atoms with Gasteiger partial charge in [-0.1, -0.05) is 18.2 Å². The lowest BCUT2D eigenvalue weighted by molar-refractivity contribution is -0.135. The van der Waals surface area contributed by atoms with E-state index in [1.54, 1.807) is 12.2 Å². The second kappa shape index (κ2) is 8.01. The summed E-state index contributed by atoms with van der Waals surface area (Å²) < 4.78 is 9.81. The molecule has 0 saturated carbocycles. The summed E-state index contributed by atoms with van der Waals surface area (Å²) in [6, 6.07) is 7.28. The van der Waals surface area contributed by atoms with Gasteiger partial charge in [-0.05, 0) is 61.2 Å². The number of halogens is 2. The number of rotatable bonds is 4. The van der Waals surface area contributed by atoms with E-state index in [0.717, 1.165) is 11.1 Å². The van der Waals surface area contributed by atoms with Crippen LogP contribution in [0, 0.1) is 0 Å². The molecule has 1 aromatic carbocycles. The van der Waals surface area contributed by atoms with Crippen LogP contribution in [0.3, 0.4) is 0 Å². The number of methoxy groups -OCH3 is 2. The number of benzene rings is 1. The molecule has 0 saturated heterocycles. The molecule has 1 aromatic rings. The molecule has 4 nitrogen and oxygen atoms in total. The average Bonchev–Trinajstić information content (AvgIpc) is 2.45. The van der Waals surface area contributed by atoms with Crippen molar-refractivity contribution in [2.45, 2.75) is 0 Å². The van der Waals surface area contributed by atoms with Gasteiger partial charge >= 0.3 is 11.9 Å². The van der Waals surface area contributed by atoms with Gasteiger partial charge in [0.05, 0.1) is 14.2 Å². The lowest BCUT2D eigenvalue weighted by atomic mass is 10.1. The fraction of sp³-hybridized carbons (Fsp3) is 0.143. The number of carbonyl (C=O) groups excluding carboxylic acids is 2. The minimum Gasteiger partial charge on any atom is -0.465 e. The first-order valence-corrected chi connectivity index (χ1v) is 7.07. The van der Waals surface area contributed by atoms with E-state index in [4.69, 9.17) is 0 Å². The third-order valence-corrected chi connectivity index (χ3v) is 3.36. The van der Waals surface area contributed by atoms with Gasteiger partial charge in [-0.2, -0.15) is 0 Å². The quantitative estimate of drug-likeness (QED) is 0.570. The summed E-state index contributed by atoms with van der Waals surface area (Å²) in [6.45, 7) is 0. The SMILES string of the molecule is COC(=O)C(Br)=Cc1cccc(C=C(Br)C(=O)OC)c1. The van der Waals surface area contributed by atoms with Crippen molar-refractivity contribution in [3.8, 4) is 0 Å². The Bertz CT molecular complexity index is 529. The van der Waals surface area contributed by atoms with E-state index in [1.807, 2.05) is 24.3 Å². The van der Waals surface area contributed by atoms with Crippen LogP contribution in [0.25, 0.3) is 12.2 Å². The third-order valence-electron chi connectivity index (χ3n) is 2.26. The molecule has 6 heteroatoms. The van der Waals surface area contributed by atoms with Crippen LogP contribution in [0.15, 0.2) is 33.2 Å². The van der Waals surface area contributed by atoms with E-state index < -0.39 is 11.9 Å². The van der Waals surface area contributed by atoms with Gasteiger partial charge in [0, 0.05) is 0 Å². The zero-order valence-electron chi connectivity index (χ0n) is 10.9. The lowest BCUT2D eigenvalue weighted by Crippen LogP contribution is -1.99. The summed E-state index contributed by atoms with van der Waals surface area (Å²) in [4.78, 5) is 22.6. The van der Waals surface area contributed by atoms with E-state index in [-0.39, 0.29) is 0 Å². The van der Waals surface area contributed by atoms with E-state index in [1.165, 1.54) is 14.2 Å². The maximum atomic E-state index is 11.3. The van der Waals surface area contributed by atoms with Crippen LogP contribution >= 0.6 is 31.9 Å². The molecular formula is C14H12Br2O4. The first-order valence-electron chi connectivity index (χ1n) is 5.49. The summed E-state index contributed by atoms with van der Waals surface area (Å²) >= 11 is 6.28. The molecule has 0 unspecified atom stereocenters. The van der Waals surface area contributed by atoms with E-state index in [9.17, 15) is 9.59 Å². The van der Waals surface area contributed by atoms with Crippen LogP contribution in [0.2, 0.25) is 0 Å². The monoisotopic (exact) mass is 402 g/mol. The van der Waals surface area contributed by atoms with Gasteiger partial charge in [0.15, 0.2) is 0 Å². The molecule has 0 amide bonds. The van der Waals surface area contributed by atoms with Crippen molar-refractivity contribution < 1.29 is 19.1 Å². The second-order valence-electron chi connectivity index (χ2n) is 3.64. The van der Waals surface area contributed by atoms with Gasteiger partial charge in [0.25, 0.3) is 0 Å². The zero-order valence-corrected chi connectivity index (χ0v) is 14.0. The standard InChI is InChI=1S/C14H12Br2O4/c1-19-13(17)11(15)7-9-4-3-5-10(6-9)8-12(16)14(18)20-2/h3-8H,1-2H3. The number of hydrogen-bond donors (Lipinski definition) is 0. The highest BCUT2D eigenvalue weighted by Crippen LogP contribution is 2.18. The maximum Gasteiger partial charge on any atom is 0.344 e. The van der Waals surface area contributed by atoms with E-state index >= 15 is 0 Å². The molecule has 0 spiro atoms. The Balaban J connectivity index is 3.03. The van der Waals surface area contributed by atoms with Crippen molar-refractivity contribution in [2.75, 3.05) is 14.2 Å². The minimum atomic E-state index is -0.457. The van der Waals surface area contributed by atoms with Crippen LogP contribution in [0.4, 0.5) is 0 Å². The average molecular weight is 404 g/mol. The molecule has 0 bridgehead atoms.